The summed E-state index contributed by atoms with van der Waals surface area (Å²) >= 11 is 10.7. The molecule has 0 unspecified atom stereocenters. The minimum absolute atomic E-state index is 0.0479. The number of carbonyl (C=O) groups excluding carboxylic acids is 1. The summed E-state index contributed by atoms with van der Waals surface area (Å²) < 4.78 is 73.3. The topological polar surface area (TPSA) is 81.1 Å². The van der Waals surface area contributed by atoms with Crippen molar-refractivity contribution in [3.05, 3.63) is 57.6 Å². The Morgan fingerprint density at radius 1 is 0.852 bits per heavy atom. The Kier molecular flexibility index (Phi) is 7.21. The van der Waals surface area contributed by atoms with Crippen LogP contribution in [0.2, 0.25) is 10.0 Å². The summed E-state index contributed by atoms with van der Waals surface area (Å²) in [7, 11) is 0. The highest BCUT2D eigenvalue weighted by Crippen LogP contribution is 2.36. The zero-order chi connectivity index (χ0) is 21.0. The Hall–Kier alpha value is -2.33. The first-order valence-corrected chi connectivity index (χ1v) is 7.53. The van der Waals surface area contributed by atoms with Gasteiger partial charge >= 0.3 is 18.4 Å². The maximum absolute atomic E-state index is 12.3. The number of anilines is 2. The van der Waals surface area contributed by atoms with E-state index in [2.05, 4.69) is 0 Å². The van der Waals surface area contributed by atoms with Crippen LogP contribution in [-0.2, 0) is 12.4 Å². The van der Waals surface area contributed by atoms with Crippen molar-refractivity contribution in [1.82, 2.24) is 0 Å². The molecule has 0 aliphatic carbocycles. The van der Waals surface area contributed by atoms with E-state index in [1.807, 2.05) is 5.32 Å². The third-order valence-corrected chi connectivity index (χ3v) is 3.49. The first kappa shape index (κ1) is 22.7. The van der Waals surface area contributed by atoms with E-state index < -0.39 is 34.5 Å². The molecule has 0 aromatic heterocycles. The summed E-state index contributed by atoms with van der Waals surface area (Å²) in [5, 5.41) is 1.26. The van der Waals surface area contributed by atoms with Gasteiger partial charge in [0.15, 0.2) is 0 Å². The molecule has 2 amide bonds. The highest BCUT2D eigenvalue weighted by molar-refractivity contribution is 6.31. The third-order valence-electron chi connectivity index (χ3n) is 2.84. The average Bonchev–Trinajstić information content (AvgIpc) is 2.49. The lowest BCUT2D eigenvalue weighted by Gasteiger charge is -2.10. The van der Waals surface area contributed by atoms with Gasteiger partial charge in [0.1, 0.15) is 0 Å². The van der Waals surface area contributed by atoms with E-state index in [0.29, 0.717) is 6.07 Å². The lowest BCUT2D eigenvalue weighted by atomic mass is 10.2. The van der Waals surface area contributed by atoms with E-state index in [1.165, 1.54) is 12.1 Å². The summed E-state index contributed by atoms with van der Waals surface area (Å²) in [6, 6.07) is 5.29. The zero-order valence-corrected chi connectivity index (χ0v) is 14.6. The predicted octanol–water partition coefficient (Wildman–Crippen LogP) is 5.79. The number of nitrogens with one attached hydrogen (secondary N) is 1. The van der Waals surface area contributed by atoms with Crippen LogP contribution in [0, 0.1) is 0 Å². The summed E-state index contributed by atoms with van der Waals surface area (Å²) in [6.07, 6.45) is -9.00. The number of benzene rings is 2. The van der Waals surface area contributed by atoms with Crippen LogP contribution in [0.1, 0.15) is 11.1 Å². The molecule has 5 N–H and O–H groups in total. The zero-order valence-electron chi connectivity index (χ0n) is 13.1. The van der Waals surface area contributed by atoms with Crippen LogP contribution in [-0.4, -0.2) is 6.03 Å². The molecule has 2 aromatic rings. The van der Waals surface area contributed by atoms with E-state index in [0.717, 1.165) is 18.2 Å². The largest absolute Gasteiger partial charge is 0.417 e. The predicted molar refractivity (Wildman–Crippen MR) is 90.5 cm³/mol. The molecule has 0 saturated carbocycles. The number of hydrogen-bond acceptors (Lipinski definition) is 2. The van der Waals surface area contributed by atoms with Gasteiger partial charge in [0.2, 0.25) is 0 Å². The van der Waals surface area contributed by atoms with Crippen molar-refractivity contribution in [3.8, 4) is 0 Å². The molecule has 0 spiro atoms. The van der Waals surface area contributed by atoms with Gasteiger partial charge in [0, 0.05) is 11.4 Å². The number of alkyl halides is 6. The number of halogens is 8. The molecule has 0 heterocycles. The van der Waals surface area contributed by atoms with Crippen LogP contribution < -0.4 is 16.8 Å². The number of primary amides is 1. The Morgan fingerprint density at radius 3 is 1.70 bits per heavy atom. The molecule has 2 rings (SSSR count). The van der Waals surface area contributed by atoms with Gasteiger partial charge in [-0.2, -0.15) is 26.3 Å². The van der Waals surface area contributed by atoms with Crippen LogP contribution in [0.25, 0.3) is 0 Å². The first-order chi connectivity index (χ1) is 12.2. The smallest absolute Gasteiger partial charge is 0.399 e. The highest BCUT2D eigenvalue weighted by Gasteiger charge is 2.34. The van der Waals surface area contributed by atoms with Gasteiger partial charge in [-0.05, 0) is 36.4 Å². The monoisotopic (exact) mass is 433 g/mol. The fourth-order valence-electron chi connectivity index (χ4n) is 1.72. The Labute approximate surface area is 159 Å². The molecule has 0 fully saturated rings. The summed E-state index contributed by atoms with van der Waals surface area (Å²) in [4.78, 5) is 10.4. The van der Waals surface area contributed by atoms with Crippen molar-refractivity contribution in [2.24, 2.45) is 5.73 Å². The van der Waals surface area contributed by atoms with E-state index in [-0.39, 0.29) is 16.4 Å². The molecule has 0 aliphatic heterocycles. The number of nitrogen functional groups attached to an aromatic ring is 1. The second kappa shape index (κ2) is 8.57. The maximum Gasteiger partial charge on any atom is 0.417 e. The van der Waals surface area contributed by atoms with Crippen molar-refractivity contribution in [3.63, 3.8) is 0 Å². The maximum atomic E-state index is 12.3. The van der Waals surface area contributed by atoms with E-state index in [9.17, 15) is 31.1 Å². The molecule has 0 aliphatic rings. The van der Waals surface area contributed by atoms with Crippen molar-refractivity contribution in [1.29, 1.82) is 0 Å². The molecule has 27 heavy (non-hydrogen) atoms. The molecule has 0 saturated heterocycles. The number of urea groups is 1. The van der Waals surface area contributed by atoms with E-state index in [4.69, 9.17) is 34.7 Å². The molecule has 2 aromatic carbocycles. The van der Waals surface area contributed by atoms with Gasteiger partial charge in [-0.15, -0.1) is 0 Å². The Morgan fingerprint density at radius 2 is 1.30 bits per heavy atom. The Bertz CT molecular complexity index is 824. The molecule has 0 bridgehead atoms. The van der Waals surface area contributed by atoms with Gasteiger partial charge in [0.05, 0.1) is 21.2 Å². The molecular formula is C15H11Cl2F6N3O. The first-order valence-electron chi connectivity index (χ1n) is 6.77. The highest BCUT2D eigenvalue weighted by atomic mass is 35.5. The summed E-state index contributed by atoms with van der Waals surface area (Å²) in [6.45, 7) is 0. The molecule has 4 nitrogen and oxygen atoms in total. The van der Waals surface area contributed by atoms with Gasteiger partial charge < -0.3 is 16.8 Å². The number of nitrogens with two attached hydrogens (primary N) is 2. The molecule has 0 radical (unpaired) electrons. The number of amides is 2. The Balaban J connectivity index is 0.000000277. The van der Waals surface area contributed by atoms with Crippen molar-refractivity contribution < 1.29 is 31.1 Å². The van der Waals surface area contributed by atoms with Gasteiger partial charge in [-0.1, -0.05) is 23.2 Å². The summed E-state index contributed by atoms with van der Waals surface area (Å²) in [5.41, 5.74) is 8.00. The number of hydrogen-bond donors (Lipinski definition) is 3. The van der Waals surface area contributed by atoms with Crippen molar-refractivity contribution in [2.75, 3.05) is 11.1 Å². The van der Waals surface area contributed by atoms with Gasteiger partial charge in [0.25, 0.3) is 0 Å². The third kappa shape index (κ3) is 7.06. The van der Waals surface area contributed by atoms with Crippen LogP contribution in [0.4, 0.5) is 42.5 Å². The van der Waals surface area contributed by atoms with Gasteiger partial charge in [-0.25, -0.2) is 4.79 Å². The van der Waals surface area contributed by atoms with Crippen molar-refractivity contribution in [2.45, 2.75) is 12.4 Å². The molecule has 0 atom stereocenters. The fourth-order valence-corrected chi connectivity index (χ4v) is 2.17. The number of rotatable bonds is 1. The standard InChI is InChI=1S/C8H6ClF3N2O.C7H5ClF3N/c9-6-2-1-4(14-7(13)15)3-5(6)8(10,11)12;8-6-2-1-4(12)3-5(6)7(9,10)11/h1-3H,(H3,13,14,15);1-3H,12H2. The fraction of sp³-hybridized carbons (Fsp3) is 0.133. The van der Waals surface area contributed by atoms with Gasteiger partial charge in [-0.3, -0.25) is 0 Å². The quantitative estimate of drug-likeness (QED) is 0.392. The van der Waals surface area contributed by atoms with Crippen molar-refractivity contribution >= 4 is 40.6 Å². The van der Waals surface area contributed by atoms with Crippen LogP contribution in [0.3, 0.4) is 0 Å². The normalized spacial score (nSPS) is 11.4. The average molecular weight is 434 g/mol. The SMILES string of the molecule is NC(=O)Nc1ccc(Cl)c(C(F)(F)F)c1.Nc1ccc(Cl)c(C(F)(F)F)c1. The minimum atomic E-state index is -4.56. The molecule has 148 valence electrons. The lowest BCUT2D eigenvalue weighted by molar-refractivity contribution is -0.138. The van der Waals surface area contributed by atoms with Crippen LogP contribution >= 0.6 is 23.2 Å². The summed E-state index contributed by atoms with van der Waals surface area (Å²) in [5.74, 6) is 0. The van der Waals surface area contributed by atoms with E-state index >= 15 is 0 Å². The second-order valence-electron chi connectivity index (χ2n) is 4.92. The second-order valence-corrected chi connectivity index (χ2v) is 5.73. The molecule has 12 heteroatoms. The van der Waals surface area contributed by atoms with E-state index in [1.54, 1.807) is 0 Å². The molecular weight excluding hydrogens is 423 g/mol. The van der Waals surface area contributed by atoms with Crippen LogP contribution in [0.15, 0.2) is 36.4 Å². The lowest BCUT2D eigenvalue weighted by Crippen LogP contribution is -2.19. The minimum Gasteiger partial charge on any atom is -0.399 e. The number of carbonyl (C=O) groups is 1. The van der Waals surface area contributed by atoms with Crippen LogP contribution in [0.5, 0.6) is 0 Å².